The third-order valence-electron chi connectivity index (χ3n) is 3.80. The molecule has 0 spiro atoms. The van der Waals surface area contributed by atoms with E-state index in [-0.39, 0.29) is 18.3 Å². The van der Waals surface area contributed by atoms with Gasteiger partial charge in [-0.2, -0.15) is 0 Å². The van der Waals surface area contributed by atoms with Gasteiger partial charge in [0.15, 0.2) is 12.4 Å². The Kier molecular flexibility index (Phi) is 5.03. The number of nitrogens with zero attached hydrogens (tertiary/aromatic N) is 2. The second-order valence-corrected chi connectivity index (χ2v) is 5.34. The summed E-state index contributed by atoms with van der Waals surface area (Å²) >= 11 is 0. The van der Waals surface area contributed by atoms with Crippen molar-refractivity contribution in [3.8, 4) is 5.75 Å². The topological polar surface area (TPSA) is 88.2 Å². The van der Waals surface area contributed by atoms with Crippen molar-refractivity contribution in [2.75, 3.05) is 20.2 Å². The maximum atomic E-state index is 12.0. The Morgan fingerprint density at radius 1 is 1.48 bits per heavy atom. The van der Waals surface area contributed by atoms with Crippen molar-refractivity contribution < 1.29 is 14.7 Å². The van der Waals surface area contributed by atoms with Crippen LogP contribution in [0.4, 0.5) is 0 Å². The highest BCUT2D eigenvalue weighted by molar-refractivity contribution is 5.99. The molecule has 21 heavy (non-hydrogen) atoms. The number of hydrogen-bond donors (Lipinski definition) is 2. The van der Waals surface area contributed by atoms with Gasteiger partial charge in [0.2, 0.25) is 0 Å². The van der Waals surface area contributed by atoms with E-state index in [9.17, 15) is 4.79 Å². The van der Waals surface area contributed by atoms with Crippen LogP contribution in [0.1, 0.15) is 24.8 Å². The molecule has 0 bridgehead atoms. The van der Waals surface area contributed by atoms with Crippen molar-refractivity contribution in [2.24, 2.45) is 16.8 Å². The molecule has 6 nitrogen and oxygen atoms in total. The van der Waals surface area contributed by atoms with Crippen LogP contribution in [0.5, 0.6) is 5.75 Å². The van der Waals surface area contributed by atoms with Gasteiger partial charge in [-0.3, -0.25) is 4.79 Å². The highest BCUT2D eigenvalue weighted by atomic mass is 16.5. The molecule has 1 aromatic carbocycles. The molecule has 0 aromatic heterocycles. The Morgan fingerprint density at radius 3 is 2.81 bits per heavy atom. The molecule has 1 fully saturated rings. The van der Waals surface area contributed by atoms with Crippen LogP contribution in [0.3, 0.4) is 0 Å². The molecule has 1 amide bonds. The zero-order valence-electron chi connectivity index (χ0n) is 12.2. The monoisotopic (exact) mass is 291 g/mol. The summed E-state index contributed by atoms with van der Waals surface area (Å²) in [7, 11) is 1.79. The second kappa shape index (κ2) is 6.97. The van der Waals surface area contributed by atoms with Gasteiger partial charge in [-0.25, -0.2) is 0 Å². The first-order valence-corrected chi connectivity index (χ1v) is 7.05. The molecule has 6 heteroatoms. The molecule has 1 aliphatic rings. The first kappa shape index (κ1) is 15.2. The van der Waals surface area contributed by atoms with E-state index >= 15 is 0 Å². The van der Waals surface area contributed by atoms with Crippen LogP contribution in [0, 0.1) is 5.92 Å². The fourth-order valence-corrected chi connectivity index (χ4v) is 2.27. The zero-order valence-corrected chi connectivity index (χ0v) is 12.2. The molecule has 2 rings (SSSR count). The SMILES string of the molecule is CN(CC1CCC1)C(=O)COc1ccccc1C(N)=NO. The van der Waals surface area contributed by atoms with E-state index in [1.54, 1.807) is 36.2 Å². The molecule has 0 unspecified atom stereocenters. The summed E-state index contributed by atoms with van der Waals surface area (Å²) in [5.74, 6) is 0.943. The number of oxime groups is 1. The zero-order chi connectivity index (χ0) is 15.2. The number of rotatable bonds is 6. The summed E-state index contributed by atoms with van der Waals surface area (Å²) in [4.78, 5) is 13.7. The van der Waals surface area contributed by atoms with E-state index < -0.39 is 0 Å². The summed E-state index contributed by atoms with van der Waals surface area (Å²) in [6.07, 6.45) is 3.66. The van der Waals surface area contributed by atoms with Gasteiger partial charge in [-0.15, -0.1) is 0 Å². The predicted octanol–water partition coefficient (Wildman–Crippen LogP) is 1.42. The second-order valence-electron chi connectivity index (χ2n) is 5.34. The third kappa shape index (κ3) is 3.87. The fraction of sp³-hybridized carbons (Fsp3) is 0.467. The molecule has 114 valence electrons. The molecule has 0 radical (unpaired) electrons. The number of likely N-dealkylation sites (N-methyl/N-ethyl adjacent to an activating group) is 1. The molecule has 0 aliphatic heterocycles. The largest absolute Gasteiger partial charge is 0.483 e. The van der Waals surface area contributed by atoms with Gasteiger partial charge in [0.05, 0.1) is 5.56 Å². The lowest BCUT2D eigenvalue weighted by molar-refractivity contribution is -0.133. The van der Waals surface area contributed by atoms with E-state index in [2.05, 4.69) is 5.16 Å². The van der Waals surface area contributed by atoms with Crippen molar-refractivity contribution in [3.63, 3.8) is 0 Å². The number of amides is 1. The van der Waals surface area contributed by atoms with E-state index in [0.29, 0.717) is 17.2 Å². The van der Waals surface area contributed by atoms with Crippen LogP contribution in [-0.4, -0.2) is 42.0 Å². The summed E-state index contributed by atoms with van der Waals surface area (Å²) in [5, 5.41) is 11.7. The van der Waals surface area contributed by atoms with Crippen LogP contribution in [0.25, 0.3) is 0 Å². The number of amidine groups is 1. The van der Waals surface area contributed by atoms with Crippen molar-refractivity contribution in [1.29, 1.82) is 0 Å². The van der Waals surface area contributed by atoms with Gasteiger partial charge >= 0.3 is 0 Å². The van der Waals surface area contributed by atoms with Crippen LogP contribution in [0.2, 0.25) is 0 Å². The number of benzene rings is 1. The molecule has 3 N–H and O–H groups in total. The highest BCUT2D eigenvalue weighted by Gasteiger charge is 2.21. The van der Waals surface area contributed by atoms with Crippen LogP contribution in [-0.2, 0) is 4.79 Å². The lowest BCUT2D eigenvalue weighted by Crippen LogP contribution is -2.37. The molecular formula is C15H21N3O3. The smallest absolute Gasteiger partial charge is 0.260 e. The molecule has 1 aromatic rings. The maximum Gasteiger partial charge on any atom is 0.260 e. The predicted molar refractivity (Wildman–Crippen MR) is 79.4 cm³/mol. The number of hydrogen-bond acceptors (Lipinski definition) is 4. The first-order chi connectivity index (χ1) is 10.1. The Hall–Kier alpha value is -2.24. The molecule has 0 atom stereocenters. The van der Waals surface area contributed by atoms with Crippen LogP contribution < -0.4 is 10.5 Å². The minimum atomic E-state index is -0.0730. The highest BCUT2D eigenvalue weighted by Crippen LogP contribution is 2.26. The summed E-state index contributed by atoms with van der Waals surface area (Å²) < 4.78 is 5.51. The molecular weight excluding hydrogens is 270 g/mol. The quantitative estimate of drug-likeness (QED) is 0.359. The Morgan fingerprint density at radius 2 is 2.19 bits per heavy atom. The number of carbonyl (C=O) groups is 1. The standard InChI is InChI=1S/C15H21N3O3/c1-18(9-11-5-4-6-11)14(19)10-21-13-8-3-2-7-12(13)15(16)17-20/h2-3,7-8,11,20H,4-6,9-10H2,1H3,(H2,16,17). The minimum Gasteiger partial charge on any atom is -0.483 e. The number of nitrogens with two attached hydrogens (primary N) is 1. The van der Waals surface area contributed by atoms with E-state index in [1.807, 2.05) is 0 Å². The molecule has 1 saturated carbocycles. The Balaban J connectivity index is 1.91. The number of para-hydroxylation sites is 1. The van der Waals surface area contributed by atoms with Gasteiger partial charge in [0.25, 0.3) is 5.91 Å². The van der Waals surface area contributed by atoms with E-state index in [1.165, 1.54) is 19.3 Å². The summed E-state index contributed by atoms with van der Waals surface area (Å²) in [6, 6.07) is 6.89. The lowest BCUT2D eigenvalue weighted by atomic mass is 9.85. The van der Waals surface area contributed by atoms with Crippen LogP contribution >= 0.6 is 0 Å². The van der Waals surface area contributed by atoms with Gasteiger partial charge < -0.3 is 20.6 Å². The van der Waals surface area contributed by atoms with Gasteiger partial charge in [-0.05, 0) is 30.9 Å². The normalized spacial score (nSPS) is 15.4. The number of ether oxygens (including phenoxy) is 1. The van der Waals surface area contributed by atoms with Crippen LogP contribution in [0.15, 0.2) is 29.4 Å². The van der Waals surface area contributed by atoms with Crippen molar-refractivity contribution >= 4 is 11.7 Å². The average molecular weight is 291 g/mol. The number of carbonyl (C=O) groups excluding carboxylic acids is 1. The minimum absolute atomic E-state index is 0.0409. The third-order valence-corrected chi connectivity index (χ3v) is 3.80. The van der Waals surface area contributed by atoms with Gasteiger partial charge in [-0.1, -0.05) is 23.7 Å². The average Bonchev–Trinajstić information content (AvgIpc) is 2.47. The van der Waals surface area contributed by atoms with Crippen molar-refractivity contribution in [2.45, 2.75) is 19.3 Å². The summed E-state index contributed by atoms with van der Waals surface area (Å²) in [5.41, 5.74) is 6.04. The Bertz CT molecular complexity index is 527. The van der Waals surface area contributed by atoms with Crippen molar-refractivity contribution in [3.05, 3.63) is 29.8 Å². The lowest BCUT2D eigenvalue weighted by Gasteiger charge is -2.30. The van der Waals surface area contributed by atoms with Crippen molar-refractivity contribution in [1.82, 2.24) is 4.90 Å². The first-order valence-electron chi connectivity index (χ1n) is 7.05. The molecule has 0 heterocycles. The molecule has 0 saturated heterocycles. The van der Waals surface area contributed by atoms with E-state index in [0.717, 1.165) is 6.54 Å². The van der Waals surface area contributed by atoms with Gasteiger partial charge in [0, 0.05) is 13.6 Å². The maximum absolute atomic E-state index is 12.0. The van der Waals surface area contributed by atoms with E-state index in [4.69, 9.17) is 15.7 Å². The summed E-state index contributed by atoms with van der Waals surface area (Å²) in [6.45, 7) is 0.725. The fourth-order valence-electron chi connectivity index (χ4n) is 2.27. The van der Waals surface area contributed by atoms with Gasteiger partial charge in [0.1, 0.15) is 5.75 Å². The molecule has 1 aliphatic carbocycles. The Labute approximate surface area is 124 Å².